The first-order valence-electron chi connectivity index (χ1n) is 9.26. The molecule has 3 heterocycles. The maximum atomic E-state index is 13.4. The highest BCUT2D eigenvalue weighted by atomic mass is 32.2. The van der Waals surface area contributed by atoms with Crippen LogP contribution in [0, 0.1) is 5.82 Å². The number of carbonyl (C=O) groups is 1. The highest BCUT2D eigenvalue weighted by Crippen LogP contribution is 2.30. The standard InChI is InChI=1S/C20H18FN5O2S2/c1-2-9-22-19(27)15-11-29-17(23-15)12-30-20-25-24-18(16-4-3-10-28-16)26(20)14-7-5-13(21)6-8-14/h3-8,10-11H,2,9,12H2,1H3,(H,22,27). The van der Waals surface area contributed by atoms with Crippen molar-refractivity contribution < 1.29 is 13.6 Å². The van der Waals surface area contributed by atoms with Gasteiger partial charge in [0.2, 0.25) is 5.82 Å². The molecule has 1 amide bonds. The molecule has 0 saturated carbocycles. The number of halogens is 1. The average Bonchev–Trinajstić information content (AvgIpc) is 3.51. The Bertz CT molecular complexity index is 1120. The minimum Gasteiger partial charge on any atom is -0.461 e. The predicted molar refractivity (Wildman–Crippen MR) is 113 cm³/mol. The summed E-state index contributed by atoms with van der Waals surface area (Å²) in [4.78, 5) is 16.5. The van der Waals surface area contributed by atoms with Crippen LogP contribution < -0.4 is 5.32 Å². The number of aromatic nitrogens is 4. The van der Waals surface area contributed by atoms with Crippen molar-refractivity contribution >= 4 is 29.0 Å². The Labute approximate surface area is 180 Å². The Balaban J connectivity index is 1.57. The molecule has 10 heteroatoms. The molecule has 30 heavy (non-hydrogen) atoms. The molecule has 0 atom stereocenters. The van der Waals surface area contributed by atoms with E-state index in [9.17, 15) is 9.18 Å². The molecule has 0 radical (unpaired) electrons. The lowest BCUT2D eigenvalue weighted by Crippen LogP contribution is -2.24. The molecular formula is C20H18FN5O2S2. The summed E-state index contributed by atoms with van der Waals surface area (Å²) in [5.41, 5.74) is 1.13. The van der Waals surface area contributed by atoms with Crippen LogP contribution in [0.2, 0.25) is 0 Å². The van der Waals surface area contributed by atoms with E-state index in [4.69, 9.17) is 4.42 Å². The second-order valence-electron chi connectivity index (χ2n) is 6.27. The number of rotatable bonds is 8. The van der Waals surface area contributed by atoms with Crippen LogP contribution in [-0.2, 0) is 5.75 Å². The molecular weight excluding hydrogens is 425 g/mol. The SMILES string of the molecule is CCCNC(=O)c1csc(CSc2nnc(-c3ccco3)n2-c2ccc(F)cc2)n1. The molecule has 0 aliphatic carbocycles. The number of amides is 1. The van der Waals surface area contributed by atoms with Gasteiger partial charge < -0.3 is 9.73 Å². The second-order valence-corrected chi connectivity index (χ2v) is 8.15. The van der Waals surface area contributed by atoms with Gasteiger partial charge in [0.25, 0.3) is 5.91 Å². The lowest BCUT2D eigenvalue weighted by atomic mass is 10.3. The van der Waals surface area contributed by atoms with E-state index < -0.39 is 0 Å². The first kappa shape index (κ1) is 20.3. The van der Waals surface area contributed by atoms with Crippen molar-refractivity contribution in [2.75, 3.05) is 6.54 Å². The maximum Gasteiger partial charge on any atom is 0.270 e. The normalized spacial score (nSPS) is 11.0. The third-order valence-corrected chi connectivity index (χ3v) is 6.08. The fourth-order valence-electron chi connectivity index (χ4n) is 2.69. The molecule has 7 nitrogen and oxygen atoms in total. The smallest absolute Gasteiger partial charge is 0.270 e. The molecule has 1 N–H and O–H groups in total. The van der Waals surface area contributed by atoms with Crippen LogP contribution in [0.25, 0.3) is 17.3 Å². The van der Waals surface area contributed by atoms with Crippen LogP contribution in [0.5, 0.6) is 0 Å². The topological polar surface area (TPSA) is 85.8 Å². The van der Waals surface area contributed by atoms with Gasteiger partial charge in [0.1, 0.15) is 16.5 Å². The summed E-state index contributed by atoms with van der Waals surface area (Å²) in [5, 5.41) is 14.5. The Kier molecular flexibility index (Phi) is 6.24. The van der Waals surface area contributed by atoms with Gasteiger partial charge in [0, 0.05) is 11.9 Å². The van der Waals surface area contributed by atoms with E-state index in [0.717, 1.165) is 11.4 Å². The molecule has 0 aliphatic heterocycles. The quantitative estimate of drug-likeness (QED) is 0.402. The molecule has 4 rings (SSSR count). The third kappa shape index (κ3) is 4.44. The molecule has 1 aromatic carbocycles. The van der Waals surface area contributed by atoms with Crippen LogP contribution in [0.3, 0.4) is 0 Å². The minimum absolute atomic E-state index is 0.168. The van der Waals surface area contributed by atoms with Gasteiger partial charge in [-0.05, 0) is 42.8 Å². The number of hydrogen-bond acceptors (Lipinski definition) is 7. The van der Waals surface area contributed by atoms with Crippen molar-refractivity contribution in [1.29, 1.82) is 0 Å². The third-order valence-electron chi connectivity index (χ3n) is 4.10. The zero-order valence-electron chi connectivity index (χ0n) is 16.0. The van der Waals surface area contributed by atoms with Crippen LogP contribution >= 0.6 is 23.1 Å². The van der Waals surface area contributed by atoms with Crippen molar-refractivity contribution in [2.24, 2.45) is 0 Å². The summed E-state index contributed by atoms with van der Waals surface area (Å²) >= 11 is 2.85. The molecule has 0 spiro atoms. The first-order valence-corrected chi connectivity index (χ1v) is 11.1. The average molecular weight is 444 g/mol. The monoisotopic (exact) mass is 443 g/mol. The zero-order valence-corrected chi connectivity index (χ0v) is 17.7. The Morgan fingerprint density at radius 3 is 2.83 bits per heavy atom. The number of thiazole rings is 1. The molecule has 4 aromatic rings. The molecule has 0 unspecified atom stereocenters. The van der Waals surface area contributed by atoms with Crippen molar-refractivity contribution in [1.82, 2.24) is 25.1 Å². The van der Waals surface area contributed by atoms with Crippen molar-refractivity contribution in [3.63, 3.8) is 0 Å². The summed E-state index contributed by atoms with van der Waals surface area (Å²) < 4.78 is 20.7. The summed E-state index contributed by atoms with van der Waals surface area (Å²) in [6.07, 6.45) is 2.43. The molecule has 0 bridgehead atoms. The van der Waals surface area contributed by atoms with Gasteiger partial charge in [-0.15, -0.1) is 21.5 Å². The Hall–Kier alpha value is -2.98. The fraction of sp³-hybridized carbons (Fsp3) is 0.200. The summed E-state index contributed by atoms with van der Waals surface area (Å²) in [5.74, 6) is 1.11. The number of furan rings is 1. The van der Waals surface area contributed by atoms with E-state index in [2.05, 4.69) is 20.5 Å². The summed E-state index contributed by atoms with van der Waals surface area (Å²) in [6.45, 7) is 2.62. The molecule has 0 aliphatic rings. The van der Waals surface area contributed by atoms with Gasteiger partial charge in [-0.1, -0.05) is 18.7 Å². The first-order chi connectivity index (χ1) is 14.7. The molecule has 0 saturated heterocycles. The van der Waals surface area contributed by atoms with Gasteiger partial charge >= 0.3 is 0 Å². The number of thioether (sulfide) groups is 1. The number of hydrogen-bond donors (Lipinski definition) is 1. The molecule has 154 valence electrons. The molecule has 3 aromatic heterocycles. The van der Waals surface area contributed by atoms with Gasteiger partial charge in [0.05, 0.1) is 17.7 Å². The van der Waals surface area contributed by atoms with Crippen molar-refractivity contribution in [3.05, 3.63) is 64.6 Å². The van der Waals surface area contributed by atoms with Crippen LogP contribution in [0.4, 0.5) is 4.39 Å². The fourth-order valence-corrected chi connectivity index (χ4v) is 4.43. The zero-order chi connectivity index (χ0) is 20.9. The Morgan fingerprint density at radius 1 is 1.27 bits per heavy atom. The highest BCUT2D eigenvalue weighted by molar-refractivity contribution is 7.98. The van der Waals surface area contributed by atoms with Gasteiger partial charge in [-0.2, -0.15) is 0 Å². The number of carbonyl (C=O) groups excluding carboxylic acids is 1. The number of benzene rings is 1. The van der Waals surface area contributed by atoms with Crippen LogP contribution in [0.15, 0.2) is 57.6 Å². The number of nitrogens with one attached hydrogen (secondary N) is 1. The maximum absolute atomic E-state index is 13.4. The second kappa shape index (κ2) is 9.23. The van der Waals surface area contributed by atoms with Crippen LogP contribution in [0.1, 0.15) is 28.8 Å². The highest BCUT2D eigenvalue weighted by Gasteiger charge is 2.19. The van der Waals surface area contributed by atoms with Gasteiger partial charge in [-0.3, -0.25) is 9.36 Å². The minimum atomic E-state index is -0.322. The molecule has 0 fully saturated rings. The van der Waals surface area contributed by atoms with E-state index in [0.29, 0.717) is 40.4 Å². The lowest BCUT2D eigenvalue weighted by molar-refractivity contribution is 0.0949. The van der Waals surface area contributed by atoms with Crippen molar-refractivity contribution in [2.45, 2.75) is 24.3 Å². The van der Waals surface area contributed by atoms with E-state index in [-0.39, 0.29) is 11.7 Å². The van der Waals surface area contributed by atoms with Crippen molar-refractivity contribution in [3.8, 4) is 17.3 Å². The Morgan fingerprint density at radius 2 is 2.10 bits per heavy atom. The van der Waals surface area contributed by atoms with E-state index >= 15 is 0 Å². The van der Waals surface area contributed by atoms with Gasteiger partial charge in [0.15, 0.2) is 10.9 Å². The van der Waals surface area contributed by atoms with E-state index in [1.165, 1.54) is 35.2 Å². The largest absolute Gasteiger partial charge is 0.461 e. The lowest BCUT2D eigenvalue weighted by Gasteiger charge is -2.08. The summed E-state index contributed by atoms with van der Waals surface area (Å²) in [6, 6.07) is 9.66. The predicted octanol–water partition coefficient (Wildman–Crippen LogP) is 4.56. The number of nitrogens with zero attached hydrogens (tertiary/aromatic N) is 4. The van der Waals surface area contributed by atoms with E-state index in [1.807, 2.05) is 11.5 Å². The van der Waals surface area contributed by atoms with Crippen LogP contribution in [-0.4, -0.2) is 32.2 Å². The van der Waals surface area contributed by atoms with Gasteiger partial charge in [-0.25, -0.2) is 9.37 Å². The van der Waals surface area contributed by atoms with E-state index in [1.54, 1.807) is 35.9 Å². The summed E-state index contributed by atoms with van der Waals surface area (Å²) in [7, 11) is 0.